The third kappa shape index (κ3) is 8.59. The van der Waals surface area contributed by atoms with Gasteiger partial charge in [-0.3, -0.25) is 28.5 Å². The minimum Gasteiger partial charge on any atom is -0.481 e. The van der Waals surface area contributed by atoms with Gasteiger partial charge in [-0.2, -0.15) is 0 Å². The molecule has 3 amide bonds. The van der Waals surface area contributed by atoms with E-state index < -0.39 is 62.0 Å². The van der Waals surface area contributed by atoms with E-state index in [1.54, 1.807) is 60.7 Å². The molecule has 0 saturated heterocycles. The van der Waals surface area contributed by atoms with Gasteiger partial charge in [-0.05, 0) is 44.0 Å². The highest BCUT2D eigenvalue weighted by molar-refractivity contribution is 7.74. The molecular formula is C28H34N3O8P. The van der Waals surface area contributed by atoms with Crippen molar-refractivity contribution in [2.45, 2.75) is 63.6 Å². The summed E-state index contributed by atoms with van der Waals surface area (Å²) in [4.78, 5) is 61.7. The number of hydrogen-bond acceptors (Lipinski definition) is 7. The van der Waals surface area contributed by atoms with Crippen LogP contribution in [0.25, 0.3) is 0 Å². The Morgan fingerprint density at radius 2 is 1.43 bits per heavy atom. The maximum absolute atomic E-state index is 14.0. The van der Waals surface area contributed by atoms with Gasteiger partial charge in [0.1, 0.15) is 18.7 Å². The third-order valence-electron chi connectivity index (χ3n) is 6.55. The molecule has 214 valence electrons. The predicted molar refractivity (Wildman–Crippen MR) is 148 cm³/mol. The van der Waals surface area contributed by atoms with Crippen LogP contribution in [-0.4, -0.2) is 59.3 Å². The van der Waals surface area contributed by atoms with Crippen LogP contribution in [0.15, 0.2) is 60.7 Å². The van der Waals surface area contributed by atoms with E-state index in [4.69, 9.17) is 4.52 Å². The Morgan fingerprint density at radius 1 is 0.875 bits per heavy atom. The average Bonchev–Trinajstić information content (AvgIpc) is 2.96. The Hall–Kier alpha value is -3.82. The van der Waals surface area contributed by atoms with E-state index in [1.165, 1.54) is 6.92 Å². The minimum atomic E-state index is -3.73. The fourth-order valence-corrected chi connectivity index (χ4v) is 6.38. The first kappa shape index (κ1) is 30.7. The smallest absolute Gasteiger partial charge is 0.309 e. The monoisotopic (exact) mass is 571 g/mol. The topological polar surface area (TPSA) is 168 Å². The number of amides is 3. The number of nitrogens with one attached hydrogen (secondary N) is 3. The molecule has 1 fully saturated rings. The molecule has 12 heteroatoms. The van der Waals surface area contributed by atoms with Crippen LogP contribution in [0.1, 0.15) is 45.4 Å². The van der Waals surface area contributed by atoms with Gasteiger partial charge >= 0.3 is 17.8 Å². The normalized spacial score (nSPS) is 15.3. The largest absolute Gasteiger partial charge is 0.481 e. The molecule has 0 heterocycles. The average molecular weight is 572 g/mol. The molecule has 0 spiro atoms. The second-order valence-corrected chi connectivity index (χ2v) is 12.0. The molecule has 11 nitrogen and oxygen atoms in total. The number of aliphatic carboxylic acids is 1. The lowest BCUT2D eigenvalue weighted by atomic mass is 9.95. The van der Waals surface area contributed by atoms with E-state index in [2.05, 4.69) is 16.0 Å². The van der Waals surface area contributed by atoms with Crippen molar-refractivity contribution in [1.82, 2.24) is 16.0 Å². The molecule has 3 rings (SSSR count). The number of hydrogen-bond donors (Lipinski definition) is 4. The maximum Gasteiger partial charge on any atom is 0.309 e. The van der Waals surface area contributed by atoms with Crippen molar-refractivity contribution in [1.29, 1.82) is 0 Å². The second-order valence-electron chi connectivity index (χ2n) is 9.62. The Kier molecular flexibility index (Phi) is 11.2. The molecule has 40 heavy (non-hydrogen) atoms. The van der Waals surface area contributed by atoms with Crippen LogP contribution < -0.4 is 26.6 Å². The van der Waals surface area contributed by atoms with E-state index in [0.29, 0.717) is 10.6 Å². The number of carboxylic acids is 1. The number of rotatable bonds is 12. The van der Waals surface area contributed by atoms with Gasteiger partial charge in [0.15, 0.2) is 5.78 Å². The van der Waals surface area contributed by atoms with Gasteiger partial charge in [-0.25, -0.2) is 0 Å². The SMILES string of the molecule is C[C@H](NC(=O)C(=O)NC1CCCCC1)C(=O)N[C@@H](CC(=O)O)C(=O)COP(=O)(c1ccccc1)c1ccccc1. The molecule has 0 unspecified atom stereocenters. The molecule has 0 aliphatic heterocycles. The van der Waals surface area contributed by atoms with Crippen molar-refractivity contribution in [3.05, 3.63) is 60.7 Å². The standard InChI is InChI=1S/C28H34N3O8P/c1-19(29-27(36)28(37)30-20-11-5-2-6-12-20)26(35)31-23(17-25(33)34)24(32)18-39-40(38,21-13-7-3-8-14-21)22-15-9-4-10-16-22/h3-4,7-10,13-16,19-20,23H,2,5-6,11-12,17-18H2,1H3,(H,29,36)(H,30,37)(H,31,35)(H,33,34)/t19-,23-/m0/s1. The van der Waals surface area contributed by atoms with E-state index in [0.717, 1.165) is 32.1 Å². The van der Waals surface area contributed by atoms with Crippen molar-refractivity contribution in [3.8, 4) is 0 Å². The highest BCUT2D eigenvalue weighted by atomic mass is 31.2. The summed E-state index contributed by atoms with van der Waals surface area (Å²) in [6, 6.07) is 13.7. The summed E-state index contributed by atoms with van der Waals surface area (Å²) in [6.45, 7) is 0.558. The second kappa shape index (κ2) is 14.5. The molecule has 2 atom stereocenters. The lowest BCUT2D eigenvalue weighted by molar-refractivity contribution is -0.142. The van der Waals surface area contributed by atoms with E-state index in [1.807, 2.05) is 0 Å². The van der Waals surface area contributed by atoms with Crippen molar-refractivity contribution in [3.63, 3.8) is 0 Å². The van der Waals surface area contributed by atoms with Crippen molar-refractivity contribution >= 4 is 47.5 Å². The van der Waals surface area contributed by atoms with Crippen LogP contribution in [0.4, 0.5) is 0 Å². The number of carboxylic acid groups (broad SMARTS) is 1. The predicted octanol–water partition coefficient (Wildman–Crippen LogP) is 1.41. The third-order valence-corrected chi connectivity index (χ3v) is 9.00. The first-order chi connectivity index (χ1) is 19.1. The van der Waals surface area contributed by atoms with Crippen LogP contribution in [0.3, 0.4) is 0 Å². The number of carbonyl (C=O) groups excluding carboxylic acids is 4. The maximum atomic E-state index is 14.0. The van der Waals surface area contributed by atoms with Gasteiger partial charge in [0.25, 0.3) is 7.37 Å². The fourth-order valence-electron chi connectivity index (χ4n) is 4.34. The van der Waals surface area contributed by atoms with Crippen molar-refractivity contribution in [2.75, 3.05) is 6.61 Å². The zero-order chi connectivity index (χ0) is 29.1. The Morgan fingerprint density at radius 3 is 1.95 bits per heavy atom. The molecule has 0 aromatic heterocycles. The lowest BCUT2D eigenvalue weighted by Crippen LogP contribution is -2.54. The Balaban J connectivity index is 1.64. The summed E-state index contributed by atoms with van der Waals surface area (Å²) in [5.41, 5.74) is 0. The van der Waals surface area contributed by atoms with Crippen molar-refractivity contribution in [2.24, 2.45) is 0 Å². The van der Waals surface area contributed by atoms with E-state index >= 15 is 0 Å². The molecule has 0 radical (unpaired) electrons. The van der Waals surface area contributed by atoms with Gasteiger partial charge < -0.3 is 25.6 Å². The molecule has 1 aliphatic carbocycles. The van der Waals surface area contributed by atoms with Crippen LogP contribution >= 0.6 is 7.37 Å². The number of carbonyl (C=O) groups is 5. The summed E-state index contributed by atoms with van der Waals surface area (Å²) in [5, 5.41) is 17.2. The van der Waals surface area contributed by atoms with Crippen LogP contribution in [0, 0.1) is 0 Å². The van der Waals surface area contributed by atoms with Gasteiger partial charge in [-0.15, -0.1) is 0 Å². The molecule has 1 aliphatic rings. The Bertz CT molecular complexity index is 1210. The minimum absolute atomic E-state index is 0.101. The molecule has 2 aromatic carbocycles. The first-order valence-corrected chi connectivity index (χ1v) is 14.7. The fraction of sp³-hybridized carbons (Fsp3) is 0.393. The van der Waals surface area contributed by atoms with Gasteiger partial charge in [-0.1, -0.05) is 55.7 Å². The Labute approximate surface area is 232 Å². The lowest BCUT2D eigenvalue weighted by Gasteiger charge is -2.23. The number of ketones is 1. The van der Waals surface area contributed by atoms with Crippen molar-refractivity contribution < 1.29 is 38.2 Å². The highest BCUT2D eigenvalue weighted by Crippen LogP contribution is 2.44. The first-order valence-electron chi connectivity index (χ1n) is 13.1. The van der Waals surface area contributed by atoms with E-state index in [9.17, 15) is 33.6 Å². The van der Waals surface area contributed by atoms with Gasteiger partial charge in [0, 0.05) is 16.7 Å². The number of benzene rings is 2. The quantitative estimate of drug-likeness (QED) is 0.219. The molecular weight excluding hydrogens is 537 g/mol. The summed E-state index contributed by atoms with van der Waals surface area (Å²) in [5.74, 6) is -4.93. The molecule has 2 aromatic rings. The summed E-state index contributed by atoms with van der Waals surface area (Å²) < 4.78 is 19.6. The zero-order valence-corrected chi connectivity index (χ0v) is 23.1. The van der Waals surface area contributed by atoms with Gasteiger partial charge in [0.05, 0.1) is 6.42 Å². The highest BCUT2D eigenvalue weighted by Gasteiger charge is 2.33. The van der Waals surface area contributed by atoms with E-state index in [-0.39, 0.29) is 6.04 Å². The van der Waals surface area contributed by atoms with Crippen LogP contribution in [0.2, 0.25) is 0 Å². The number of Topliss-reactive ketones (excluding diaryl/α,β-unsaturated/α-hetero) is 1. The zero-order valence-electron chi connectivity index (χ0n) is 22.2. The van der Waals surface area contributed by atoms with Crippen LogP contribution in [-0.2, 0) is 33.1 Å². The molecule has 0 bridgehead atoms. The molecule has 4 N–H and O–H groups in total. The summed E-state index contributed by atoms with van der Waals surface area (Å²) in [6.07, 6.45) is 3.78. The summed E-state index contributed by atoms with van der Waals surface area (Å²) >= 11 is 0. The van der Waals surface area contributed by atoms with Gasteiger partial charge in [0.2, 0.25) is 5.91 Å². The summed E-state index contributed by atoms with van der Waals surface area (Å²) in [7, 11) is -3.73. The molecule has 1 saturated carbocycles. The van der Waals surface area contributed by atoms with Crippen LogP contribution in [0.5, 0.6) is 0 Å².